The summed E-state index contributed by atoms with van der Waals surface area (Å²) >= 11 is 0. The molecule has 52 heavy (non-hydrogen) atoms. The van der Waals surface area contributed by atoms with Crippen LogP contribution in [0.4, 0.5) is 9.59 Å². The summed E-state index contributed by atoms with van der Waals surface area (Å²) in [6.45, 7) is 8.95. The Morgan fingerprint density at radius 3 is 2.13 bits per heavy atom. The van der Waals surface area contributed by atoms with E-state index in [2.05, 4.69) is 15.7 Å². The molecule has 13 nitrogen and oxygen atoms in total. The number of hydrazine groups is 1. The first kappa shape index (κ1) is 39.8. The fourth-order valence-electron chi connectivity index (χ4n) is 6.36. The van der Waals surface area contributed by atoms with Crippen molar-refractivity contribution >= 4 is 23.9 Å². The van der Waals surface area contributed by atoms with Gasteiger partial charge in [-0.25, -0.2) is 14.6 Å². The molecular formula is C39H53N7O6. The second kappa shape index (κ2) is 19.6. The highest BCUT2D eigenvalue weighted by molar-refractivity contribution is 5.88. The predicted octanol–water partition coefficient (Wildman–Crippen LogP) is 3.87. The highest BCUT2D eigenvalue weighted by Crippen LogP contribution is 2.23. The summed E-state index contributed by atoms with van der Waals surface area (Å²) in [6.07, 6.45) is 1.51. The molecule has 2 aromatic carbocycles. The van der Waals surface area contributed by atoms with Crippen LogP contribution < -0.4 is 16.5 Å². The molecule has 0 saturated carbocycles. The van der Waals surface area contributed by atoms with E-state index in [1.54, 1.807) is 34.1 Å². The zero-order valence-electron chi connectivity index (χ0n) is 30.6. The van der Waals surface area contributed by atoms with Gasteiger partial charge in [-0.3, -0.25) is 20.0 Å². The lowest BCUT2D eigenvalue weighted by Crippen LogP contribution is -2.58. The molecule has 0 unspecified atom stereocenters. The number of carbonyl (C=O) groups excluding carboxylic acids is 4. The second-order valence-corrected chi connectivity index (χ2v) is 13.5. The van der Waals surface area contributed by atoms with Crippen LogP contribution in [0.15, 0.2) is 85.2 Å². The number of pyridine rings is 1. The van der Waals surface area contributed by atoms with Crippen molar-refractivity contribution in [3.63, 3.8) is 0 Å². The van der Waals surface area contributed by atoms with Crippen LogP contribution in [-0.2, 0) is 33.8 Å². The highest BCUT2D eigenvalue weighted by Gasteiger charge is 2.41. The molecule has 0 radical (unpaired) electrons. The molecule has 5 amide bonds. The maximum absolute atomic E-state index is 14.3. The summed E-state index contributed by atoms with van der Waals surface area (Å²) in [5, 5.41) is 16.6. The Hall–Kier alpha value is -5.01. The van der Waals surface area contributed by atoms with Gasteiger partial charge in [-0.1, -0.05) is 101 Å². The Balaban J connectivity index is 1.58. The largest absolute Gasteiger partial charge is 0.436 e. The lowest BCUT2D eigenvalue weighted by Gasteiger charge is -2.35. The third-order valence-corrected chi connectivity index (χ3v) is 9.66. The normalized spacial score (nSPS) is 16.5. The zero-order chi connectivity index (χ0) is 37.6. The van der Waals surface area contributed by atoms with Crippen LogP contribution in [0.25, 0.3) is 0 Å². The first-order valence-corrected chi connectivity index (χ1v) is 18.0. The van der Waals surface area contributed by atoms with Gasteiger partial charge in [0, 0.05) is 51.0 Å². The van der Waals surface area contributed by atoms with E-state index in [0.717, 1.165) is 16.7 Å². The van der Waals surface area contributed by atoms with Crippen molar-refractivity contribution < 1.29 is 29.0 Å². The fraction of sp³-hybridized carbons (Fsp3) is 0.462. The zero-order valence-corrected chi connectivity index (χ0v) is 30.6. The third-order valence-electron chi connectivity index (χ3n) is 9.66. The number of rotatable bonds is 19. The highest BCUT2D eigenvalue weighted by atomic mass is 16.6. The predicted molar refractivity (Wildman–Crippen MR) is 197 cm³/mol. The Bertz CT molecular complexity index is 1580. The molecule has 4 rings (SSSR count). The number of aliphatic hydroxyl groups is 1. The van der Waals surface area contributed by atoms with Crippen LogP contribution in [0.2, 0.25) is 0 Å². The van der Waals surface area contributed by atoms with Gasteiger partial charge in [0.25, 0.3) is 5.91 Å². The topological polar surface area (TPSA) is 170 Å². The molecule has 0 bridgehead atoms. The van der Waals surface area contributed by atoms with Crippen LogP contribution in [0.3, 0.4) is 0 Å². The maximum Gasteiger partial charge on any atom is 0.405 e. The van der Waals surface area contributed by atoms with E-state index >= 15 is 0 Å². The number of nitrogens with zero attached hydrogens (tertiary/aromatic N) is 4. The van der Waals surface area contributed by atoms with Gasteiger partial charge >= 0.3 is 12.1 Å². The number of aliphatic hydroxyl groups excluding tert-OH is 1. The van der Waals surface area contributed by atoms with Crippen molar-refractivity contribution in [3.05, 3.63) is 102 Å². The molecule has 2 heterocycles. The minimum Gasteiger partial charge on any atom is -0.436 e. The number of amides is 5. The molecule has 3 aromatic rings. The monoisotopic (exact) mass is 715 g/mol. The summed E-state index contributed by atoms with van der Waals surface area (Å²) in [6, 6.07) is 20.8. The molecule has 0 aliphatic carbocycles. The minimum atomic E-state index is -1.18. The lowest BCUT2D eigenvalue weighted by molar-refractivity contribution is -0.138. The molecule has 1 aromatic heterocycles. The number of nitrogens with two attached hydrogens (primary N) is 1. The summed E-state index contributed by atoms with van der Waals surface area (Å²) in [7, 11) is 0. The SMILES string of the molecule is CC[C@H](C)[C@H](OC(N)=O)C(=O)NN(Cc1ccccc1)C[C@H](O)[C@H](Cc1ccccc1)NC(=O)[C@H]([C@@H](C)CC)N1CCN(Cc2cccnc2)C1=O. The Labute approximate surface area is 306 Å². The summed E-state index contributed by atoms with van der Waals surface area (Å²) < 4.78 is 5.20. The smallest absolute Gasteiger partial charge is 0.405 e. The number of carbonyl (C=O) groups is 4. The van der Waals surface area contributed by atoms with E-state index < -0.39 is 36.3 Å². The van der Waals surface area contributed by atoms with E-state index in [9.17, 15) is 24.3 Å². The minimum absolute atomic E-state index is 0.0856. The molecule has 13 heteroatoms. The Morgan fingerprint density at radius 1 is 0.904 bits per heavy atom. The van der Waals surface area contributed by atoms with Crippen LogP contribution in [0.5, 0.6) is 0 Å². The summed E-state index contributed by atoms with van der Waals surface area (Å²) in [4.78, 5) is 60.8. The van der Waals surface area contributed by atoms with Crippen molar-refractivity contribution in [2.45, 2.75) is 84.3 Å². The molecule has 1 fully saturated rings. The standard InChI is InChI=1S/C39H53N7O6/c1-5-27(3)34(46-21-20-44(39(46)51)24-31-18-13-19-41-23-31)36(48)42-32(22-29-14-9-7-10-15-29)33(47)26-45(25-30-16-11-8-12-17-30)43-37(49)35(28(4)6-2)52-38(40)50/h7-19,23,27-28,32-35,47H,5-6,20-22,24-26H2,1-4H3,(H2,40,50)(H,42,48)(H,43,49)/t27-,28-,32-,33-,34-,35-/m0/s1. The third kappa shape index (κ3) is 11.2. The number of benzene rings is 2. The van der Waals surface area contributed by atoms with Crippen molar-refractivity contribution in [2.75, 3.05) is 19.6 Å². The van der Waals surface area contributed by atoms with Gasteiger partial charge in [0.2, 0.25) is 5.91 Å². The lowest BCUT2D eigenvalue weighted by atomic mass is 9.95. The Morgan fingerprint density at radius 2 is 1.54 bits per heavy atom. The van der Waals surface area contributed by atoms with E-state index in [4.69, 9.17) is 10.5 Å². The molecule has 0 spiro atoms. The number of urea groups is 1. The molecule has 1 aliphatic heterocycles. The Kier molecular flexibility index (Phi) is 15.0. The van der Waals surface area contributed by atoms with Crippen LogP contribution in [-0.4, -0.2) is 92.8 Å². The molecule has 280 valence electrons. The van der Waals surface area contributed by atoms with E-state index in [1.807, 2.05) is 93.6 Å². The average Bonchev–Trinajstić information content (AvgIpc) is 3.49. The number of primary amides is 1. The van der Waals surface area contributed by atoms with Crippen molar-refractivity contribution in [3.8, 4) is 0 Å². The number of hydrogen-bond donors (Lipinski definition) is 4. The van der Waals surface area contributed by atoms with Crippen molar-refractivity contribution in [1.29, 1.82) is 0 Å². The van der Waals surface area contributed by atoms with Gasteiger partial charge in [0.1, 0.15) is 6.04 Å². The van der Waals surface area contributed by atoms with E-state index in [1.165, 1.54) is 0 Å². The number of nitrogens with one attached hydrogen (secondary N) is 2. The summed E-state index contributed by atoms with van der Waals surface area (Å²) in [5.41, 5.74) is 10.8. The molecule has 6 atom stereocenters. The molecule has 1 saturated heterocycles. The number of ether oxygens (including phenoxy) is 1. The summed E-state index contributed by atoms with van der Waals surface area (Å²) in [5.74, 6) is -1.45. The van der Waals surface area contributed by atoms with Crippen molar-refractivity contribution in [2.24, 2.45) is 17.6 Å². The van der Waals surface area contributed by atoms with E-state index in [0.29, 0.717) is 32.5 Å². The van der Waals surface area contributed by atoms with Crippen LogP contribution in [0, 0.1) is 11.8 Å². The van der Waals surface area contributed by atoms with Crippen LogP contribution in [0.1, 0.15) is 57.2 Å². The first-order valence-electron chi connectivity index (χ1n) is 18.0. The van der Waals surface area contributed by atoms with E-state index in [-0.39, 0.29) is 43.3 Å². The van der Waals surface area contributed by atoms with Gasteiger partial charge in [-0.15, -0.1) is 0 Å². The fourth-order valence-corrected chi connectivity index (χ4v) is 6.36. The van der Waals surface area contributed by atoms with Crippen molar-refractivity contribution in [1.82, 2.24) is 30.5 Å². The van der Waals surface area contributed by atoms with Gasteiger partial charge in [0.05, 0.1) is 12.1 Å². The van der Waals surface area contributed by atoms with Crippen LogP contribution >= 0.6 is 0 Å². The van der Waals surface area contributed by atoms with Gasteiger partial charge < -0.3 is 30.7 Å². The molecular weight excluding hydrogens is 662 g/mol. The molecule has 1 aliphatic rings. The quantitative estimate of drug-likeness (QED) is 0.136. The number of hydrogen-bond acceptors (Lipinski definition) is 8. The van der Waals surface area contributed by atoms with Gasteiger partial charge in [-0.2, -0.15) is 0 Å². The number of aromatic nitrogens is 1. The second-order valence-electron chi connectivity index (χ2n) is 13.5. The van der Waals surface area contributed by atoms with Gasteiger partial charge in [0.15, 0.2) is 6.10 Å². The maximum atomic E-state index is 14.3. The molecule has 5 N–H and O–H groups in total. The van der Waals surface area contributed by atoms with Gasteiger partial charge in [-0.05, 0) is 41.5 Å². The average molecular weight is 716 g/mol. The first-order chi connectivity index (χ1) is 25.0.